The van der Waals surface area contributed by atoms with Crippen molar-refractivity contribution < 1.29 is 9.53 Å². The molecule has 0 spiro atoms. The van der Waals surface area contributed by atoms with Crippen LogP contribution in [0, 0.1) is 0 Å². The molecule has 1 aliphatic heterocycles. The van der Waals surface area contributed by atoms with Crippen LogP contribution in [-0.4, -0.2) is 29.5 Å². The molecule has 156 valence electrons. The summed E-state index contributed by atoms with van der Waals surface area (Å²) in [5.41, 5.74) is 5.64. The number of hydrogen-bond donors (Lipinski definition) is 2. The number of nitrogens with one attached hydrogen (secondary N) is 2. The topological polar surface area (TPSA) is 67.0 Å². The highest BCUT2D eigenvalue weighted by Gasteiger charge is 2.19. The molecule has 5 heteroatoms. The molecule has 0 aliphatic carbocycles. The van der Waals surface area contributed by atoms with Crippen molar-refractivity contribution in [3.05, 3.63) is 83.3 Å². The maximum atomic E-state index is 12.0. The zero-order valence-electron chi connectivity index (χ0n) is 16.6. The molecule has 0 bridgehead atoms. The van der Waals surface area contributed by atoms with Crippen LogP contribution in [0.25, 0.3) is 34.2 Å². The number of amides is 1. The largest absolute Gasteiger partial charge is 0.497 e. The van der Waals surface area contributed by atoms with Crippen molar-refractivity contribution in [1.82, 2.24) is 15.3 Å². The van der Waals surface area contributed by atoms with Crippen LogP contribution in [0.3, 0.4) is 0 Å². The lowest BCUT2D eigenvalue weighted by atomic mass is 10.1. The Bertz CT molecular complexity index is 1290. The van der Waals surface area contributed by atoms with Crippen LogP contribution in [0.4, 0.5) is 0 Å². The molecule has 5 nitrogen and oxygen atoms in total. The highest BCUT2D eigenvalue weighted by Crippen LogP contribution is 2.25. The van der Waals surface area contributed by atoms with E-state index < -0.39 is 0 Å². The number of aromatic amines is 1. The minimum absolute atomic E-state index is 0. The number of pyridine rings is 1. The Kier molecular flexibility index (Phi) is 5.58. The summed E-state index contributed by atoms with van der Waals surface area (Å²) in [4.78, 5) is 19.9. The molecule has 2 N–H and O–H groups in total. The van der Waals surface area contributed by atoms with E-state index in [-0.39, 0.29) is 13.3 Å². The highest BCUT2D eigenvalue weighted by molar-refractivity contribution is 5.97. The Hall–Kier alpha value is -3.86. The molecular formula is C26H25N3O2. The molecule has 0 radical (unpaired) electrons. The van der Waals surface area contributed by atoms with Gasteiger partial charge in [-0.2, -0.15) is 0 Å². The number of rotatable bonds is 4. The lowest BCUT2D eigenvalue weighted by molar-refractivity contribution is 0.0946. The molecule has 31 heavy (non-hydrogen) atoms. The smallest absolute Gasteiger partial charge is 0.253 e. The fourth-order valence-corrected chi connectivity index (χ4v) is 3.81. The molecule has 0 saturated carbocycles. The number of aromatic nitrogens is 2. The van der Waals surface area contributed by atoms with Crippen molar-refractivity contribution in [2.45, 2.75) is 13.8 Å². The van der Waals surface area contributed by atoms with Gasteiger partial charge < -0.3 is 15.0 Å². The van der Waals surface area contributed by atoms with Crippen molar-refractivity contribution in [2.75, 3.05) is 13.7 Å². The van der Waals surface area contributed by atoms with Gasteiger partial charge in [-0.3, -0.25) is 9.78 Å². The summed E-state index contributed by atoms with van der Waals surface area (Å²) < 4.78 is 5.29. The number of H-pyrrole nitrogens is 1. The summed E-state index contributed by atoms with van der Waals surface area (Å²) in [5, 5.41) is 5.19. The van der Waals surface area contributed by atoms with E-state index in [1.54, 1.807) is 13.3 Å². The van der Waals surface area contributed by atoms with Crippen molar-refractivity contribution in [3.8, 4) is 17.0 Å². The summed E-state index contributed by atoms with van der Waals surface area (Å²) in [6.07, 6.45) is 6.68. The Morgan fingerprint density at radius 1 is 1.00 bits per heavy atom. The third-order valence-electron chi connectivity index (χ3n) is 5.41. The van der Waals surface area contributed by atoms with Gasteiger partial charge in [0.15, 0.2) is 0 Å². The monoisotopic (exact) mass is 411 g/mol. The average molecular weight is 412 g/mol. The van der Waals surface area contributed by atoms with Crippen LogP contribution < -0.4 is 10.1 Å². The van der Waals surface area contributed by atoms with Gasteiger partial charge in [-0.05, 0) is 58.8 Å². The van der Waals surface area contributed by atoms with Crippen molar-refractivity contribution in [2.24, 2.45) is 0 Å². The minimum Gasteiger partial charge on any atom is -0.497 e. The number of hydrogen-bond acceptors (Lipinski definition) is 3. The number of nitrogens with zero attached hydrogens (tertiary/aromatic N) is 1. The SMILES string of the molecule is C.COc1ccc2cc(/C=C/c3cc(-c4cc5c([nH]4)CCNC5=O)ccn3)ccc2c1. The number of fused-ring (bicyclic) bond motifs is 2. The molecule has 0 fully saturated rings. The van der Waals surface area contributed by atoms with Gasteiger partial charge in [0, 0.05) is 36.1 Å². The summed E-state index contributed by atoms with van der Waals surface area (Å²) in [6, 6.07) is 18.3. The van der Waals surface area contributed by atoms with Crippen molar-refractivity contribution in [1.29, 1.82) is 0 Å². The lowest BCUT2D eigenvalue weighted by Crippen LogP contribution is -2.31. The van der Waals surface area contributed by atoms with Gasteiger partial charge in [-0.1, -0.05) is 31.7 Å². The second-order valence-electron chi connectivity index (χ2n) is 7.36. The normalized spacial score (nSPS) is 13.0. The standard InChI is InChI=1S/C25H21N3O2.CH4/c1-30-21-7-5-17-12-16(2-4-18(17)14-21)3-6-20-13-19(8-10-26-20)24-15-22-23(28-24)9-11-27-25(22)29;/h2-8,10,12-15,28H,9,11H2,1H3,(H,27,29);1H4/b6-3+;. The summed E-state index contributed by atoms with van der Waals surface area (Å²) in [7, 11) is 1.68. The van der Waals surface area contributed by atoms with Crippen LogP contribution >= 0.6 is 0 Å². The molecule has 2 aromatic heterocycles. The molecule has 0 saturated heterocycles. The second-order valence-corrected chi connectivity index (χ2v) is 7.36. The van der Waals surface area contributed by atoms with Gasteiger partial charge >= 0.3 is 0 Å². The maximum Gasteiger partial charge on any atom is 0.253 e. The zero-order chi connectivity index (χ0) is 20.5. The van der Waals surface area contributed by atoms with E-state index in [2.05, 4.69) is 45.6 Å². The fourth-order valence-electron chi connectivity index (χ4n) is 3.81. The number of carbonyl (C=O) groups is 1. The van der Waals surface area contributed by atoms with Crippen LogP contribution in [0.2, 0.25) is 0 Å². The van der Waals surface area contributed by atoms with E-state index in [0.717, 1.165) is 56.7 Å². The lowest BCUT2D eigenvalue weighted by Gasteiger charge is -2.10. The number of benzene rings is 2. The van der Waals surface area contributed by atoms with Crippen LogP contribution in [0.15, 0.2) is 60.8 Å². The molecule has 5 rings (SSSR count). The molecule has 0 atom stereocenters. The first-order valence-electron chi connectivity index (χ1n) is 9.92. The van der Waals surface area contributed by atoms with Crippen molar-refractivity contribution in [3.63, 3.8) is 0 Å². The quantitative estimate of drug-likeness (QED) is 0.477. The van der Waals surface area contributed by atoms with E-state index in [0.29, 0.717) is 6.54 Å². The Balaban J connectivity index is 0.00000231. The molecule has 3 heterocycles. The first kappa shape index (κ1) is 20.4. The van der Waals surface area contributed by atoms with E-state index in [1.807, 2.05) is 36.4 Å². The predicted octanol–water partition coefficient (Wildman–Crippen LogP) is 5.33. The average Bonchev–Trinajstić information content (AvgIpc) is 3.23. The minimum atomic E-state index is -0.0122. The molecule has 0 unspecified atom stereocenters. The van der Waals surface area contributed by atoms with Crippen LogP contribution in [0.1, 0.15) is 34.7 Å². The Labute approximate surface area is 181 Å². The Morgan fingerprint density at radius 2 is 1.84 bits per heavy atom. The van der Waals surface area contributed by atoms with E-state index >= 15 is 0 Å². The van der Waals surface area contributed by atoms with Gasteiger partial charge in [0.1, 0.15) is 5.75 Å². The van der Waals surface area contributed by atoms with Gasteiger partial charge in [0.05, 0.1) is 18.4 Å². The third kappa shape index (κ3) is 4.08. The first-order chi connectivity index (χ1) is 14.7. The predicted molar refractivity (Wildman–Crippen MR) is 126 cm³/mol. The van der Waals surface area contributed by atoms with Crippen molar-refractivity contribution >= 4 is 28.8 Å². The van der Waals surface area contributed by atoms with Crippen LogP contribution in [0.5, 0.6) is 5.75 Å². The van der Waals surface area contributed by atoms with Gasteiger partial charge in [-0.15, -0.1) is 0 Å². The molecule has 2 aromatic carbocycles. The zero-order valence-corrected chi connectivity index (χ0v) is 16.6. The summed E-state index contributed by atoms with van der Waals surface area (Å²) >= 11 is 0. The Morgan fingerprint density at radius 3 is 2.68 bits per heavy atom. The second kappa shape index (κ2) is 8.48. The molecule has 4 aromatic rings. The fraction of sp³-hybridized carbons (Fsp3) is 0.154. The number of methoxy groups -OCH3 is 1. The first-order valence-corrected chi connectivity index (χ1v) is 9.92. The van der Waals surface area contributed by atoms with E-state index in [9.17, 15) is 4.79 Å². The molecule has 1 amide bonds. The summed E-state index contributed by atoms with van der Waals surface area (Å²) in [5.74, 6) is 0.845. The van der Waals surface area contributed by atoms with Gasteiger partial charge in [0.2, 0.25) is 0 Å². The molecule has 1 aliphatic rings. The third-order valence-corrected chi connectivity index (χ3v) is 5.41. The number of ether oxygens (including phenoxy) is 1. The maximum absolute atomic E-state index is 12.0. The highest BCUT2D eigenvalue weighted by atomic mass is 16.5. The molecular weight excluding hydrogens is 386 g/mol. The summed E-state index contributed by atoms with van der Waals surface area (Å²) in [6.45, 7) is 0.675. The van der Waals surface area contributed by atoms with Gasteiger partial charge in [-0.25, -0.2) is 0 Å². The van der Waals surface area contributed by atoms with Gasteiger partial charge in [0.25, 0.3) is 5.91 Å². The number of carbonyl (C=O) groups excluding carboxylic acids is 1. The van der Waals surface area contributed by atoms with E-state index in [4.69, 9.17) is 4.74 Å². The van der Waals surface area contributed by atoms with E-state index in [1.165, 1.54) is 0 Å². The van der Waals surface area contributed by atoms with Crippen LogP contribution in [-0.2, 0) is 6.42 Å².